The summed E-state index contributed by atoms with van der Waals surface area (Å²) < 4.78 is 21.8. The van der Waals surface area contributed by atoms with E-state index in [0.717, 1.165) is 12.2 Å². The van der Waals surface area contributed by atoms with Crippen molar-refractivity contribution in [3.63, 3.8) is 0 Å². The molecule has 158 valence electrons. The highest BCUT2D eigenvalue weighted by molar-refractivity contribution is 5.86. The molecule has 2 aromatic carbocycles. The van der Waals surface area contributed by atoms with Gasteiger partial charge in [0.1, 0.15) is 36.2 Å². The fourth-order valence-electron chi connectivity index (χ4n) is 2.48. The molecule has 0 aliphatic rings. The lowest BCUT2D eigenvalue weighted by atomic mass is 10.1. The van der Waals surface area contributed by atoms with Crippen molar-refractivity contribution in [2.24, 2.45) is 0 Å². The zero-order chi connectivity index (χ0) is 21.9. The van der Waals surface area contributed by atoms with Gasteiger partial charge in [0.25, 0.3) is 0 Å². The lowest BCUT2D eigenvalue weighted by Crippen LogP contribution is -2.09. The predicted molar refractivity (Wildman–Crippen MR) is 110 cm³/mol. The van der Waals surface area contributed by atoms with E-state index in [1.54, 1.807) is 36.4 Å². The zero-order valence-electron chi connectivity index (χ0n) is 16.5. The summed E-state index contributed by atoms with van der Waals surface area (Å²) in [5.74, 6) is -0.0140. The molecule has 0 saturated heterocycles. The van der Waals surface area contributed by atoms with Crippen LogP contribution in [0.3, 0.4) is 0 Å². The lowest BCUT2D eigenvalue weighted by Gasteiger charge is -2.12. The van der Waals surface area contributed by atoms with Crippen LogP contribution in [0.15, 0.2) is 48.6 Å². The predicted octanol–water partition coefficient (Wildman–Crippen LogP) is 3.36. The number of carbonyl (C=O) groups is 2. The third kappa shape index (κ3) is 6.90. The van der Waals surface area contributed by atoms with Crippen LogP contribution in [0.2, 0.25) is 0 Å². The van der Waals surface area contributed by atoms with Gasteiger partial charge in [-0.1, -0.05) is 0 Å². The second-order valence-corrected chi connectivity index (χ2v) is 5.85. The third-order valence-electron chi connectivity index (χ3n) is 3.84. The first-order valence-electron chi connectivity index (χ1n) is 8.86. The highest BCUT2D eigenvalue weighted by Crippen LogP contribution is 2.27. The van der Waals surface area contributed by atoms with E-state index in [2.05, 4.69) is 0 Å². The molecule has 0 atom stereocenters. The SMILES string of the molecule is COc1cc(OCCOc2ccc(C=CC(=O)O)c(OC)c2)ccc1C=CC(=O)O. The van der Waals surface area contributed by atoms with Gasteiger partial charge in [-0.15, -0.1) is 0 Å². The molecule has 0 aliphatic heterocycles. The topological polar surface area (TPSA) is 112 Å². The van der Waals surface area contributed by atoms with E-state index in [-0.39, 0.29) is 13.2 Å². The Labute approximate surface area is 173 Å². The van der Waals surface area contributed by atoms with Crippen LogP contribution in [0.25, 0.3) is 12.2 Å². The number of carboxylic acid groups (broad SMARTS) is 2. The van der Waals surface area contributed by atoms with Crippen molar-refractivity contribution in [3.05, 3.63) is 59.7 Å². The Kier molecular flexibility index (Phi) is 8.31. The summed E-state index contributed by atoms with van der Waals surface area (Å²) in [4.78, 5) is 21.3. The molecule has 0 aromatic heterocycles. The van der Waals surface area contributed by atoms with Crippen molar-refractivity contribution >= 4 is 24.1 Å². The number of methoxy groups -OCH3 is 2. The molecule has 0 heterocycles. The van der Waals surface area contributed by atoms with Gasteiger partial charge in [-0.3, -0.25) is 0 Å². The van der Waals surface area contributed by atoms with Crippen molar-refractivity contribution in [1.82, 2.24) is 0 Å². The first-order chi connectivity index (χ1) is 14.4. The molecular weight excluding hydrogens is 392 g/mol. The Morgan fingerprint density at radius 1 is 0.767 bits per heavy atom. The molecule has 30 heavy (non-hydrogen) atoms. The second kappa shape index (κ2) is 11.2. The van der Waals surface area contributed by atoms with Crippen molar-refractivity contribution in [1.29, 1.82) is 0 Å². The van der Waals surface area contributed by atoms with E-state index in [4.69, 9.17) is 29.2 Å². The molecule has 0 fully saturated rings. The van der Waals surface area contributed by atoms with E-state index in [1.807, 2.05) is 0 Å². The summed E-state index contributed by atoms with van der Waals surface area (Å²) >= 11 is 0. The van der Waals surface area contributed by atoms with Crippen LogP contribution in [0.1, 0.15) is 11.1 Å². The number of carboxylic acids is 2. The summed E-state index contributed by atoms with van der Waals surface area (Å²) in [5, 5.41) is 17.5. The molecule has 2 aromatic rings. The van der Waals surface area contributed by atoms with E-state index in [9.17, 15) is 9.59 Å². The van der Waals surface area contributed by atoms with E-state index >= 15 is 0 Å². The smallest absolute Gasteiger partial charge is 0.328 e. The number of aliphatic carboxylic acids is 2. The Hall–Kier alpha value is -3.94. The molecular formula is C22H22O8. The summed E-state index contributed by atoms with van der Waals surface area (Å²) in [6.07, 6.45) is 4.94. The largest absolute Gasteiger partial charge is 0.496 e. The molecule has 0 saturated carbocycles. The summed E-state index contributed by atoms with van der Waals surface area (Å²) in [7, 11) is 2.98. The van der Waals surface area contributed by atoms with E-state index < -0.39 is 11.9 Å². The Morgan fingerprint density at radius 3 is 1.50 bits per heavy atom. The number of hydrogen-bond acceptors (Lipinski definition) is 6. The molecule has 0 unspecified atom stereocenters. The van der Waals surface area contributed by atoms with E-state index in [0.29, 0.717) is 34.1 Å². The average molecular weight is 414 g/mol. The van der Waals surface area contributed by atoms with Gasteiger partial charge in [0.05, 0.1) is 14.2 Å². The molecule has 2 rings (SSSR count). The second-order valence-electron chi connectivity index (χ2n) is 5.85. The molecule has 0 radical (unpaired) electrons. The van der Waals surface area contributed by atoms with Crippen LogP contribution in [-0.2, 0) is 9.59 Å². The van der Waals surface area contributed by atoms with Crippen molar-refractivity contribution in [2.45, 2.75) is 0 Å². The minimum Gasteiger partial charge on any atom is -0.496 e. The third-order valence-corrected chi connectivity index (χ3v) is 3.84. The van der Waals surface area contributed by atoms with Crippen LogP contribution in [-0.4, -0.2) is 49.6 Å². The Bertz CT molecular complexity index is 869. The highest BCUT2D eigenvalue weighted by Gasteiger charge is 2.06. The maximum absolute atomic E-state index is 10.6. The Balaban J connectivity index is 1.93. The quantitative estimate of drug-likeness (QED) is 0.425. The standard InChI is InChI=1S/C22H22O8/c1-27-19-13-17(7-3-15(19)5-9-21(23)24)29-11-12-30-18-8-4-16(6-10-22(25)26)20(14-18)28-2/h3-10,13-14H,11-12H2,1-2H3,(H,23,24)(H,25,26). The number of benzene rings is 2. The average Bonchev–Trinajstić information content (AvgIpc) is 2.74. The fraction of sp³-hybridized carbons (Fsp3) is 0.182. The fourth-order valence-corrected chi connectivity index (χ4v) is 2.48. The van der Waals surface area contributed by atoms with Crippen LogP contribution in [0.4, 0.5) is 0 Å². The van der Waals surface area contributed by atoms with Gasteiger partial charge in [-0.25, -0.2) is 9.59 Å². The van der Waals surface area contributed by atoms with Crippen LogP contribution >= 0.6 is 0 Å². The van der Waals surface area contributed by atoms with Gasteiger partial charge in [0.2, 0.25) is 0 Å². The number of ether oxygens (including phenoxy) is 4. The van der Waals surface area contributed by atoms with E-state index in [1.165, 1.54) is 26.4 Å². The van der Waals surface area contributed by atoms with Gasteiger partial charge in [-0.2, -0.15) is 0 Å². The van der Waals surface area contributed by atoms with Gasteiger partial charge < -0.3 is 29.2 Å². The van der Waals surface area contributed by atoms with Crippen molar-refractivity contribution in [2.75, 3.05) is 27.4 Å². The van der Waals surface area contributed by atoms with Crippen LogP contribution in [0, 0.1) is 0 Å². The van der Waals surface area contributed by atoms with Gasteiger partial charge in [0, 0.05) is 35.4 Å². The molecule has 0 spiro atoms. The van der Waals surface area contributed by atoms with Gasteiger partial charge >= 0.3 is 11.9 Å². The van der Waals surface area contributed by atoms with Crippen LogP contribution in [0.5, 0.6) is 23.0 Å². The number of hydrogen-bond donors (Lipinski definition) is 2. The highest BCUT2D eigenvalue weighted by atomic mass is 16.5. The van der Waals surface area contributed by atoms with Gasteiger partial charge in [-0.05, 0) is 36.4 Å². The first-order valence-corrected chi connectivity index (χ1v) is 8.86. The molecule has 8 heteroatoms. The maximum atomic E-state index is 10.6. The van der Waals surface area contributed by atoms with Crippen molar-refractivity contribution < 1.29 is 38.7 Å². The Morgan fingerprint density at radius 2 is 1.17 bits per heavy atom. The zero-order valence-corrected chi connectivity index (χ0v) is 16.5. The van der Waals surface area contributed by atoms with Gasteiger partial charge in [0.15, 0.2) is 0 Å². The molecule has 0 aliphatic carbocycles. The molecule has 2 N–H and O–H groups in total. The molecule has 0 amide bonds. The minimum atomic E-state index is -1.04. The minimum absolute atomic E-state index is 0.260. The maximum Gasteiger partial charge on any atom is 0.328 e. The molecule has 0 bridgehead atoms. The first kappa shape index (κ1) is 22.4. The van der Waals surface area contributed by atoms with Crippen LogP contribution < -0.4 is 18.9 Å². The summed E-state index contributed by atoms with van der Waals surface area (Å²) in [5.41, 5.74) is 1.24. The lowest BCUT2D eigenvalue weighted by molar-refractivity contribution is -0.132. The normalized spacial score (nSPS) is 10.9. The monoisotopic (exact) mass is 414 g/mol. The number of rotatable bonds is 11. The van der Waals surface area contributed by atoms with Crippen molar-refractivity contribution in [3.8, 4) is 23.0 Å². The molecule has 8 nitrogen and oxygen atoms in total. The summed E-state index contributed by atoms with van der Waals surface area (Å²) in [6, 6.07) is 10.1. The summed E-state index contributed by atoms with van der Waals surface area (Å²) in [6.45, 7) is 0.521.